The summed E-state index contributed by atoms with van der Waals surface area (Å²) in [5.74, 6) is 0. The number of nitrogens with zero attached hydrogens (tertiary/aromatic N) is 2. The molecule has 1 aromatic heterocycles. The van der Waals surface area contributed by atoms with Gasteiger partial charge in [-0.15, -0.1) is 0 Å². The summed E-state index contributed by atoms with van der Waals surface area (Å²) in [5, 5.41) is 12.2. The molecule has 0 bridgehead atoms. The van der Waals surface area contributed by atoms with E-state index in [0.717, 1.165) is 16.5 Å². The van der Waals surface area contributed by atoms with Crippen molar-refractivity contribution in [3.8, 4) is 0 Å². The van der Waals surface area contributed by atoms with Crippen molar-refractivity contribution < 1.29 is 9.66 Å². The minimum absolute atomic E-state index is 0.0458. The molecular weight excluding hydrogens is 304 g/mol. The van der Waals surface area contributed by atoms with Gasteiger partial charge in [-0.25, -0.2) is 0 Å². The Morgan fingerprint density at radius 3 is 3.14 bits per heavy atom. The molecular formula is C14H16N4O3S. The van der Waals surface area contributed by atoms with Gasteiger partial charge in [0.1, 0.15) is 0 Å². The number of nitro groups is 1. The highest BCUT2D eigenvalue weighted by atomic mass is 32.1. The number of fused-ring (bicyclic) bond motifs is 1. The molecule has 1 aromatic carbocycles. The molecule has 1 atom stereocenters. The average Bonchev–Trinajstić information content (AvgIpc) is 2.90. The van der Waals surface area contributed by atoms with Gasteiger partial charge in [0.05, 0.1) is 24.2 Å². The van der Waals surface area contributed by atoms with Gasteiger partial charge in [0.15, 0.2) is 5.11 Å². The number of hydrogen-bond donors (Lipinski definition) is 2. The average molecular weight is 320 g/mol. The van der Waals surface area contributed by atoms with Crippen molar-refractivity contribution in [3.05, 3.63) is 40.1 Å². The minimum atomic E-state index is -0.388. The molecule has 0 spiro atoms. The lowest BCUT2D eigenvalue weighted by atomic mass is 10.0. The van der Waals surface area contributed by atoms with Crippen molar-refractivity contribution in [2.75, 3.05) is 19.8 Å². The van der Waals surface area contributed by atoms with E-state index in [0.29, 0.717) is 31.3 Å². The second kappa shape index (κ2) is 5.90. The maximum Gasteiger partial charge on any atom is 0.270 e. The molecule has 0 aliphatic carbocycles. The summed E-state index contributed by atoms with van der Waals surface area (Å²) in [6.07, 6.45) is 2.54. The topological polar surface area (TPSA) is 97.4 Å². The number of hydrogen-bond acceptors (Lipinski definition) is 4. The summed E-state index contributed by atoms with van der Waals surface area (Å²) >= 11 is 5.09. The summed E-state index contributed by atoms with van der Waals surface area (Å²) in [4.78, 5) is 15.7. The van der Waals surface area contributed by atoms with Crippen LogP contribution in [0.1, 0.15) is 5.56 Å². The first-order valence-electron chi connectivity index (χ1n) is 6.94. The maximum absolute atomic E-state index is 10.9. The summed E-state index contributed by atoms with van der Waals surface area (Å²) in [6.45, 7) is 1.81. The molecule has 1 fully saturated rings. The molecule has 1 saturated heterocycles. The highest BCUT2D eigenvalue weighted by Crippen LogP contribution is 2.25. The first-order valence-corrected chi connectivity index (χ1v) is 7.35. The molecule has 8 heteroatoms. The molecule has 3 rings (SSSR count). The van der Waals surface area contributed by atoms with Gasteiger partial charge in [0, 0.05) is 35.8 Å². The Balaban J connectivity index is 1.91. The molecule has 2 heterocycles. The largest absolute Gasteiger partial charge is 0.377 e. The molecule has 0 radical (unpaired) electrons. The third kappa shape index (κ3) is 2.75. The summed E-state index contributed by atoms with van der Waals surface area (Å²) in [6, 6.07) is 4.85. The number of morpholine rings is 1. The van der Waals surface area contributed by atoms with E-state index in [-0.39, 0.29) is 16.7 Å². The molecule has 2 aromatic rings. The molecule has 116 valence electrons. The number of aromatic nitrogens is 1. The number of rotatable bonds is 3. The van der Waals surface area contributed by atoms with Gasteiger partial charge < -0.3 is 20.4 Å². The second-order valence-electron chi connectivity index (χ2n) is 5.27. The number of H-pyrrole nitrogens is 1. The highest BCUT2D eigenvalue weighted by molar-refractivity contribution is 7.80. The van der Waals surface area contributed by atoms with E-state index in [9.17, 15) is 10.1 Å². The van der Waals surface area contributed by atoms with Gasteiger partial charge in [-0.1, -0.05) is 0 Å². The molecule has 3 N–H and O–H groups in total. The van der Waals surface area contributed by atoms with Gasteiger partial charge in [0.25, 0.3) is 5.69 Å². The van der Waals surface area contributed by atoms with Crippen LogP contribution in [-0.2, 0) is 11.2 Å². The monoisotopic (exact) mass is 320 g/mol. The SMILES string of the molecule is NC(=S)N1CCOC[C@@H]1Cc1c[nH]c2ccc([N+](=O)[O-])cc12. The first-order chi connectivity index (χ1) is 10.6. The van der Waals surface area contributed by atoms with Crippen LogP contribution in [0.5, 0.6) is 0 Å². The zero-order valence-corrected chi connectivity index (χ0v) is 12.6. The Morgan fingerprint density at radius 1 is 1.59 bits per heavy atom. The molecule has 0 saturated carbocycles. The van der Waals surface area contributed by atoms with E-state index in [2.05, 4.69) is 4.98 Å². The maximum atomic E-state index is 10.9. The van der Waals surface area contributed by atoms with Crippen molar-refractivity contribution in [3.63, 3.8) is 0 Å². The number of aromatic amines is 1. The number of ether oxygens (including phenoxy) is 1. The molecule has 0 amide bonds. The van der Waals surface area contributed by atoms with Crippen molar-refractivity contribution >= 4 is 33.9 Å². The predicted octanol–water partition coefficient (Wildman–Crippen LogP) is 1.56. The van der Waals surface area contributed by atoms with Gasteiger partial charge in [-0.3, -0.25) is 10.1 Å². The Hall–Kier alpha value is -2.19. The highest BCUT2D eigenvalue weighted by Gasteiger charge is 2.25. The van der Waals surface area contributed by atoms with E-state index in [1.165, 1.54) is 6.07 Å². The van der Waals surface area contributed by atoms with Gasteiger partial charge in [-0.05, 0) is 30.3 Å². The number of non-ortho nitro benzene ring substituents is 1. The number of nitrogens with one attached hydrogen (secondary N) is 1. The summed E-state index contributed by atoms with van der Waals surface area (Å²) < 4.78 is 5.51. The molecule has 0 unspecified atom stereocenters. The van der Waals surface area contributed by atoms with Gasteiger partial charge in [-0.2, -0.15) is 0 Å². The van der Waals surface area contributed by atoms with Crippen LogP contribution in [-0.4, -0.2) is 45.7 Å². The lowest BCUT2D eigenvalue weighted by Gasteiger charge is -2.36. The quantitative estimate of drug-likeness (QED) is 0.506. The fourth-order valence-electron chi connectivity index (χ4n) is 2.82. The van der Waals surface area contributed by atoms with E-state index < -0.39 is 0 Å². The van der Waals surface area contributed by atoms with Gasteiger partial charge in [0.2, 0.25) is 0 Å². The third-order valence-electron chi connectivity index (χ3n) is 3.93. The zero-order chi connectivity index (χ0) is 15.7. The Morgan fingerprint density at radius 2 is 2.41 bits per heavy atom. The Kier molecular flexibility index (Phi) is 3.95. The van der Waals surface area contributed by atoms with Crippen LogP contribution in [0.15, 0.2) is 24.4 Å². The smallest absolute Gasteiger partial charge is 0.270 e. The van der Waals surface area contributed by atoms with Crippen molar-refractivity contribution in [2.45, 2.75) is 12.5 Å². The predicted molar refractivity (Wildman–Crippen MR) is 86.8 cm³/mol. The minimum Gasteiger partial charge on any atom is -0.377 e. The van der Waals surface area contributed by atoms with Crippen LogP contribution in [0, 0.1) is 10.1 Å². The number of benzene rings is 1. The molecule has 22 heavy (non-hydrogen) atoms. The lowest BCUT2D eigenvalue weighted by Crippen LogP contribution is -2.51. The van der Waals surface area contributed by atoms with Crippen molar-refractivity contribution in [1.29, 1.82) is 0 Å². The van der Waals surface area contributed by atoms with Crippen molar-refractivity contribution in [1.82, 2.24) is 9.88 Å². The lowest BCUT2D eigenvalue weighted by molar-refractivity contribution is -0.384. The van der Waals surface area contributed by atoms with Crippen LogP contribution in [0.4, 0.5) is 5.69 Å². The first kappa shape index (κ1) is 14.7. The van der Waals surface area contributed by atoms with Crippen LogP contribution >= 0.6 is 12.2 Å². The molecule has 7 nitrogen and oxygen atoms in total. The van der Waals surface area contributed by atoms with Crippen LogP contribution < -0.4 is 5.73 Å². The fraction of sp³-hybridized carbons (Fsp3) is 0.357. The standard InChI is InChI=1S/C14H16N4O3S/c15-14(22)17-3-4-21-8-11(17)5-9-7-16-13-2-1-10(18(19)20)6-12(9)13/h1-2,6-7,11,16H,3-5,8H2,(H2,15,22)/t11-/m0/s1. The van der Waals surface area contributed by atoms with Crippen molar-refractivity contribution in [2.24, 2.45) is 5.73 Å². The third-order valence-corrected chi connectivity index (χ3v) is 4.16. The zero-order valence-electron chi connectivity index (χ0n) is 11.8. The molecule has 1 aliphatic rings. The number of nitrogens with two attached hydrogens (primary N) is 1. The normalized spacial score (nSPS) is 18.5. The number of nitro benzene ring substituents is 1. The van der Waals surface area contributed by atoms with Gasteiger partial charge >= 0.3 is 0 Å². The number of thiocarbonyl (C=S) groups is 1. The van der Waals surface area contributed by atoms with E-state index in [4.69, 9.17) is 22.7 Å². The second-order valence-corrected chi connectivity index (χ2v) is 5.68. The van der Waals surface area contributed by atoms with Crippen LogP contribution in [0.2, 0.25) is 0 Å². The van der Waals surface area contributed by atoms with Crippen LogP contribution in [0.25, 0.3) is 10.9 Å². The fourth-order valence-corrected chi connectivity index (χ4v) is 3.06. The Bertz CT molecular complexity index is 730. The Labute approximate surface area is 132 Å². The summed E-state index contributed by atoms with van der Waals surface area (Å²) in [7, 11) is 0. The van der Waals surface area contributed by atoms with E-state index in [1.54, 1.807) is 12.1 Å². The molecule has 1 aliphatic heterocycles. The van der Waals surface area contributed by atoms with E-state index in [1.807, 2.05) is 11.1 Å². The van der Waals surface area contributed by atoms with Crippen LogP contribution in [0.3, 0.4) is 0 Å². The summed E-state index contributed by atoms with van der Waals surface area (Å²) in [5.41, 5.74) is 7.72. The van der Waals surface area contributed by atoms with E-state index >= 15 is 0 Å².